The van der Waals surface area contributed by atoms with Crippen molar-refractivity contribution >= 4 is 11.6 Å². The van der Waals surface area contributed by atoms with E-state index in [-0.39, 0.29) is 11.9 Å². The molecule has 0 aliphatic carbocycles. The normalized spacial score (nSPS) is 19.0. The van der Waals surface area contributed by atoms with Crippen molar-refractivity contribution in [1.29, 1.82) is 0 Å². The lowest BCUT2D eigenvalue weighted by Crippen LogP contribution is -2.41. The zero-order chi connectivity index (χ0) is 15.4. The van der Waals surface area contributed by atoms with Gasteiger partial charge in [-0.1, -0.05) is 48.5 Å². The van der Waals surface area contributed by atoms with Gasteiger partial charge >= 0.3 is 0 Å². The Morgan fingerprint density at radius 1 is 1.14 bits per heavy atom. The fourth-order valence-electron chi connectivity index (χ4n) is 2.75. The summed E-state index contributed by atoms with van der Waals surface area (Å²) in [6.45, 7) is 0.360. The monoisotopic (exact) mass is 296 g/mol. The third-order valence-electron chi connectivity index (χ3n) is 4.04. The van der Waals surface area contributed by atoms with E-state index in [1.165, 1.54) is 0 Å². The summed E-state index contributed by atoms with van der Waals surface area (Å²) in [6.07, 6.45) is 0.956. The number of rotatable bonds is 4. The summed E-state index contributed by atoms with van der Waals surface area (Å²) < 4.78 is 0. The molecule has 4 nitrogen and oxygen atoms in total. The molecule has 2 atom stereocenters. The number of carbonyl (C=O) groups is 1. The molecule has 0 fully saturated rings. The van der Waals surface area contributed by atoms with E-state index in [2.05, 4.69) is 10.6 Å². The van der Waals surface area contributed by atoms with Gasteiger partial charge < -0.3 is 15.7 Å². The van der Waals surface area contributed by atoms with E-state index in [9.17, 15) is 9.90 Å². The second-order valence-corrected chi connectivity index (χ2v) is 5.57. The van der Waals surface area contributed by atoms with Crippen LogP contribution in [0.4, 0.5) is 5.69 Å². The first-order valence-corrected chi connectivity index (χ1v) is 7.59. The molecule has 0 saturated heterocycles. The zero-order valence-electron chi connectivity index (χ0n) is 12.3. The summed E-state index contributed by atoms with van der Waals surface area (Å²) >= 11 is 0. The summed E-state index contributed by atoms with van der Waals surface area (Å²) in [5.41, 5.74) is 2.90. The molecule has 1 heterocycles. The third kappa shape index (κ3) is 3.35. The number of hydrogen-bond donors (Lipinski definition) is 3. The number of aliphatic hydroxyl groups excluding tert-OH is 1. The van der Waals surface area contributed by atoms with Crippen LogP contribution in [0.1, 0.15) is 23.7 Å². The van der Waals surface area contributed by atoms with Gasteiger partial charge in [-0.3, -0.25) is 4.79 Å². The lowest BCUT2D eigenvalue weighted by molar-refractivity contribution is -0.118. The largest absolute Gasteiger partial charge is 0.387 e. The molecule has 114 valence electrons. The fraction of sp³-hybridized carbons (Fsp3) is 0.278. The van der Waals surface area contributed by atoms with Gasteiger partial charge in [-0.15, -0.1) is 0 Å². The Balaban J connectivity index is 1.61. The number of carbonyl (C=O) groups excluding carboxylic acids is 1. The van der Waals surface area contributed by atoms with Gasteiger partial charge in [0.15, 0.2) is 0 Å². The van der Waals surface area contributed by atoms with E-state index in [1.807, 2.05) is 54.6 Å². The smallest absolute Gasteiger partial charge is 0.241 e. The Bertz CT molecular complexity index is 643. The highest BCUT2D eigenvalue weighted by atomic mass is 16.3. The van der Waals surface area contributed by atoms with Crippen molar-refractivity contribution in [1.82, 2.24) is 5.32 Å². The number of anilines is 1. The van der Waals surface area contributed by atoms with Gasteiger partial charge in [-0.05, 0) is 30.0 Å². The highest BCUT2D eigenvalue weighted by molar-refractivity contribution is 5.96. The lowest BCUT2D eigenvalue weighted by Gasteiger charge is -2.18. The predicted octanol–water partition coefficient (Wildman–Crippen LogP) is 2.26. The van der Waals surface area contributed by atoms with Gasteiger partial charge in [-0.25, -0.2) is 0 Å². The SMILES string of the molecule is O=C1Nc2ccccc2CCC1NC[C@@H](O)c1ccccc1. The number of amides is 1. The molecule has 1 unspecified atom stereocenters. The van der Waals surface area contributed by atoms with Crippen LogP contribution in [0.2, 0.25) is 0 Å². The summed E-state index contributed by atoms with van der Waals surface area (Å²) in [5.74, 6) is -0.0368. The quantitative estimate of drug-likeness (QED) is 0.811. The number of nitrogens with one attached hydrogen (secondary N) is 2. The van der Waals surface area contributed by atoms with Crippen LogP contribution >= 0.6 is 0 Å². The van der Waals surface area contributed by atoms with E-state index >= 15 is 0 Å². The van der Waals surface area contributed by atoms with Crippen LogP contribution in [-0.4, -0.2) is 23.6 Å². The zero-order valence-corrected chi connectivity index (χ0v) is 12.3. The molecule has 3 N–H and O–H groups in total. The first kappa shape index (κ1) is 14.8. The third-order valence-corrected chi connectivity index (χ3v) is 4.04. The fourth-order valence-corrected chi connectivity index (χ4v) is 2.75. The van der Waals surface area contributed by atoms with Gasteiger partial charge in [0.2, 0.25) is 5.91 Å². The molecule has 2 aromatic carbocycles. The van der Waals surface area contributed by atoms with Crippen LogP contribution in [0.5, 0.6) is 0 Å². The standard InChI is InChI=1S/C18H20N2O2/c21-17(14-7-2-1-3-8-14)12-19-16-11-10-13-6-4-5-9-15(13)20-18(16)22/h1-9,16-17,19,21H,10-12H2,(H,20,22)/t16?,17-/m1/s1. The molecule has 0 bridgehead atoms. The predicted molar refractivity (Wildman–Crippen MR) is 86.6 cm³/mol. The van der Waals surface area contributed by atoms with Crippen molar-refractivity contribution in [2.24, 2.45) is 0 Å². The molecule has 2 aromatic rings. The van der Waals surface area contributed by atoms with E-state index < -0.39 is 6.10 Å². The first-order valence-electron chi connectivity index (χ1n) is 7.59. The molecule has 0 aromatic heterocycles. The molecule has 0 radical (unpaired) electrons. The van der Waals surface area contributed by atoms with Crippen molar-refractivity contribution in [2.75, 3.05) is 11.9 Å². The molecule has 4 heteroatoms. The maximum absolute atomic E-state index is 12.3. The van der Waals surface area contributed by atoms with Crippen LogP contribution < -0.4 is 10.6 Å². The van der Waals surface area contributed by atoms with Crippen molar-refractivity contribution < 1.29 is 9.90 Å². The molecule has 0 spiro atoms. The maximum atomic E-state index is 12.3. The Hall–Kier alpha value is -2.17. The van der Waals surface area contributed by atoms with Gasteiger partial charge in [-0.2, -0.15) is 0 Å². The minimum Gasteiger partial charge on any atom is -0.387 e. The van der Waals surface area contributed by atoms with E-state index in [4.69, 9.17) is 0 Å². The molecule has 22 heavy (non-hydrogen) atoms. The molecular weight excluding hydrogens is 276 g/mol. The molecule has 1 amide bonds. The van der Waals surface area contributed by atoms with E-state index in [1.54, 1.807) is 0 Å². The molecular formula is C18H20N2O2. The molecule has 0 saturated carbocycles. The number of benzene rings is 2. The highest BCUT2D eigenvalue weighted by Crippen LogP contribution is 2.21. The first-order chi connectivity index (χ1) is 10.7. The highest BCUT2D eigenvalue weighted by Gasteiger charge is 2.23. The Morgan fingerprint density at radius 3 is 2.68 bits per heavy atom. The molecule has 1 aliphatic rings. The minimum atomic E-state index is -0.611. The van der Waals surface area contributed by atoms with Gasteiger partial charge in [0.1, 0.15) is 0 Å². The van der Waals surface area contributed by atoms with Crippen LogP contribution in [-0.2, 0) is 11.2 Å². The minimum absolute atomic E-state index is 0.0368. The van der Waals surface area contributed by atoms with Gasteiger partial charge in [0, 0.05) is 12.2 Å². The molecule has 1 aliphatic heterocycles. The van der Waals surface area contributed by atoms with Crippen molar-refractivity contribution in [3.63, 3.8) is 0 Å². The Labute approximate surface area is 130 Å². The van der Waals surface area contributed by atoms with Crippen LogP contribution in [0.3, 0.4) is 0 Å². The van der Waals surface area contributed by atoms with Crippen molar-refractivity contribution in [3.8, 4) is 0 Å². The number of para-hydroxylation sites is 1. The lowest BCUT2D eigenvalue weighted by atomic mass is 10.1. The number of hydrogen-bond acceptors (Lipinski definition) is 3. The topological polar surface area (TPSA) is 61.4 Å². The second-order valence-electron chi connectivity index (χ2n) is 5.57. The summed E-state index contributed by atoms with van der Waals surface area (Å²) in [5, 5.41) is 16.3. The van der Waals surface area contributed by atoms with Gasteiger partial charge in [0.25, 0.3) is 0 Å². The average Bonchev–Trinajstić information content (AvgIpc) is 2.72. The second kappa shape index (κ2) is 6.73. The average molecular weight is 296 g/mol. The van der Waals surface area contributed by atoms with Crippen molar-refractivity contribution in [2.45, 2.75) is 25.0 Å². The maximum Gasteiger partial charge on any atom is 0.241 e. The van der Waals surface area contributed by atoms with Crippen LogP contribution in [0.15, 0.2) is 54.6 Å². The number of fused-ring (bicyclic) bond motifs is 1. The summed E-state index contributed by atoms with van der Waals surface area (Å²) in [7, 11) is 0. The van der Waals surface area contributed by atoms with E-state index in [0.717, 1.165) is 29.7 Å². The van der Waals surface area contributed by atoms with E-state index in [0.29, 0.717) is 6.54 Å². The van der Waals surface area contributed by atoms with Crippen LogP contribution in [0.25, 0.3) is 0 Å². The van der Waals surface area contributed by atoms with Crippen LogP contribution in [0, 0.1) is 0 Å². The summed E-state index contributed by atoms with van der Waals surface area (Å²) in [6, 6.07) is 17.1. The van der Waals surface area contributed by atoms with Crippen molar-refractivity contribution in [3.05, 3.63) is 65.7 Å². The summed E-state index contributed by atoms with van der Waals surface area (Å²) in [4.78, 5) is 12.3. The number of aliphatic hydroxyl groups is 1. The number of aryl methyl sites for hydroxylation is 1. The van der Waals surface area contributed by atoms with Gasteiger partial charge in [0.05, 0.1) is 12.1 Å². The Kier molecular flexibility index (Phi) is 4.51. The Morgan fingerprint density at radius 2 is 1.86 bits per heavy atom. The molecule has 3 rings (SSSR count).